The van der Waals surface area contributed by atoms with Gasteiger partial charge in [0.25, 0.3) is 0 Å². The normalized spacial score (nSPS) is 19.2. The van der Waals surface area contributed by atoms with Gasteiger partial charge < -0.3 is 10.6 Å². The van der Waals surface area contributed by atoms with E-state index in [1.54, 1.807) is 6.20 Å². The van der Waals surface area contributed by atoms with E-state index >= 15 is 0 Å². The van der Waals surface area contributed by atoms with E-state index in [9.17, 15) is 4.79 Å². The molecule has 0 aliphatic carbocycles. The number of H-pyrrole nitrogens is 1. The number of aromatic amines is 1. The van der Waals surface area contributed by atoms with Gasteiger partial charge in [-0.2, -0.15) is 5.10 Å². The summed E-state index contributed by atoms with van der Waals surface area (Å²) in [7, 11) is 0. The molecule has 1 fully saturated rings. The van der Waals surface area contributed by atoms with Crippen molar-refractivity contribution in [1.29, 1.82) is 0 Å². The molecule has 0 radical (unpaired) electrons. The number of carbonyl (C=O) groups excluding carboxylic acids is 1. The third kappa shape index (κ3) is 2.36. The lowest BCUT2D eigenvalue weighted by Crippen LogP contribution is -2.18. The van der Waals surface area contributed by atoms with Gasteiger partial charge in [-0.05, 0) is 43.6 Å². The topological polar surface area (TPSA) is 69.8 Å². The number of nitrogens with one attached hydrogen (secondary N) is 3. The largest absolute Gasteiger partial charge is 0.326 e. The van der Waals surface area contributed by atoms with Crippen molar-refractivity contribution in [2.45, 2.75) is 12.8 Å². The van der Waals surface area contributed by atoms with Crippen LogP contribution in [-0.4, -0.2) is 29.2 Å². The molecule has 2 aromatic rings. The summed E-state index contributed by atoms with van der Waals surface area (Å²) in [5.41, 5.74) is 1.76. The van der Waals surface area contributed by atoms with Gasteiger partial charge in [0.05, 0.1) is 11.7 Å². The molecule has 3 N–H and O–H groups in total. The molecular formula is C13H16N4O. The number of rotatable bonds is 3. The second-order valence-corrected chi connectivity index (χ2v) is 4.78. The highest BCUT2D eigenvalue weighted by Gasteiger charge is 2.17. The number of fused-ring (bicyclic) bond motifs is 1. The highest BCUT2D eigenvalue weighted by atomic mass is 16.1. The van der Waals surface area contributed by atoms with Crippen LogP contribution in [0.3, 0.4) is 0 Å². The van der Waals surface area contributed by atoms with Gasteiger partial charge in [0.1, 0.15) is 0 Å². The number of amides is 1. The average molecular weight is 244 g/mol. The summed E-state index contributed by atoms with van der Waals surface area (Å²) in [5, 5.41) is 14.1. The van der Waals surface area contributed by atoms with Crippen LogP contribution in [0.2, 0.25) is 0 Å². The van der Waals surface area contributed by atoms with Crippen LogP contribution in [0.15, 0.2) is 24.4 Å². The minimum Gasteiger partial charge on any atom is -0.326 e. The maximum absolute atomic E-state index is 11.9. The molecule has 1 aromatic heterocycles. The van der Waals surface area contributed by atoms with Gasteiger partial charge >= 0.3 is 0 Å². The predicted molar refractivity (Wildman–Crippen MR) is 70.3 cm³/mol. The van der Waals surface area contributed by atoms with Crippen molar-refractivity contribution in [3.05, 3.63) is 24.4 Å². The minimum absolute atomic E-state index is 0.0857. The van der Waals surface area contributed by atoms with Gasteiger partial charge in [-0.25, -0.2) is 0 Å². The van der Waals surface area contributed by atoms with E-state index < -0.39 is 0 Å². The number of hydrogen-bond donors (Lipinski definition) is 3. The number of nitrogens with zero attached hydrogens (tertiary/aromatic N) is 1. The first-order valence-corrected chi connectivity index (χ1v) is 6.25. The highest BCUT2D eigenvalue weighted by molar-refractivity contribution is 5.93. The van der Waals surface area contributed by atoms with Gasteiger partial charge in [-0.3, -0.25) is 9.89 Å². The molecule has 18 heavy (non-hydrogen) atoms. The molecule has 1 saturated heterocycles. The fraction of sp³-hybridized carbons (Fsp3) is 0.385. The Hall–Kier alpha value is -1.88. The third-order valence-electron chi connectivity index (χ3n) is 3.36. The van der Waals surface area contributed by atoms with Gasteiger partial charge in [-0.15, -0.1) is 0 Å². The Bertz CT molecular complexity index is 557. The number of anilines is 1. The van der Waals surface area contributed by atoms with Crippen molar-refractivity contribution < 1.29 is 4.79 Å². The lowest BCUT2D eigenvalue weighted by atomic mass is 10.0. The van der Waals surface area contributed by atoms with E-state index in [0.717, 1.165) is 36.1 Å². The molecule has 0 spiro atoms. The smallest absolute Gasteiger partial charge is 0.224 e. The average Bonchev–Trinajstić information content (AvgIpc) is 2.98. The molecule has 3 rings (SSSR count). The van der Waals surface area contributed by atoms with Crippen molar-refractivity contribution in [1.82, 2.24) is 15.5 Å². The lowest BCUT2D eigenvalue weighted by Gasteiger charge is -2.09. The first-order chi connectivity index (χ1) is 8.81. The monoisotopic (exact) mass is 244 g/mol. The summed E-state index contributed by atoms with van der Waals surface area (Å²) >= 11 is 0. The maximum atomic E-state index is 11.9. The van der Waals surface area contributed by atoms with Crippen molar-refractivity contribution in [3.63, 3.8) is 0 Å². The summed E-state index contributed by atoms with van der Waals surface area (Å²) in [4.78, 5) is 11.9. The van der Waals surface area contributed by atoms with Gasteiger partial charge in [0.15, 0.2) is 0 Å². The van der Waals surface area contributed by atoms with E-state index in [2.05, 4.69) is 20.8 Å². The van der Waals surface area contributed by atoms with Gasteiger partial charge in [0, 0.05) is 17.5 Å². The lowest BCUT2D eigenvalue weighted by molar-refractivity contribution is -0.116. The Morgan fingerprint density at radius 1 is 1.50 bits per heavy atom. The second-order valence-electron chi connectivity index (χ2n) is 4.78. The summed E-state index contributed by atoms with van der Waals surface area (Å²) < 4.78 is 0. The van der Waals surface area contributed by atoms with Crippen LogP contribution in [0.25, 0.3) is 10.9 Å². The fourth-order valence-electron chi connectivity index (χ4n) is 2.38. The summed E-state index contributed by atoms with van der Waals surface area (Å²) in [6, 6.07) is 5.77. The molecule has 0 bridgehead atoms. The Morgan fingerprint density at radius 2 is 2.44 bits per heavy atom. The zero-order valence-corrected chi connectivity index (χ0v) is 10.1. The van der Waals surface area contributed by atoms with Crippen LogP contribution < -0.4 is 10.6 Å². The Labute approximate surface area is 105 Å². The molecule has 2 heterocycles. The van der Waals surface area contributed by atoms with Crippen molar-refractivity contribution in [2.24, 2.45) is 5.92 Å². The highest BCUT2D eigenvalue weighted by Crippen LogP contribution is 2.18. The summed E-state index contributed by atoms with van der Waals surface area (Å²) in [6.07, 6.45) is 3.45. The molecule has 1 aromatic carbocycles. The molecule has 1 aliphatic heterocycles. The van der Waals surface area contributed by atoms with E-state index in [0.29, 0.717) is 12.3 Å². The Balaban J connectivity index is 1.65. The van der Waals surface area contributed by atoms with Crippen molar-refractivity contribution >= 4 is 22.5 Å². The summed E-state index contributed by atoms with van der Waals surface area (Å²) in [5.74, 6) is 0.559. The van der Waals surface area contributed by atoms with Gasteiger partial charge in [0.2, 0.25) is 5.91 Å². The molecule has 1 atom stereocenters. The van der Waals surface area contributed by atoms with E-state index in [1.165, 1.54) is 0 Å². The molecule has 1 amide bonds. The molecule has 1 aliphatic rings. The number of hydrogen-bond acceptors (Lipinski definition) is 3. The van der Waals surface area contributed by atoms with E-state index in [1.807, 2.05) is 18.2 Å². The minimum atomic E-state index is 0.0857. The van der Waals surface area contributed by atoms with Crippen LogP contribution in [0, 0.1) is 5.92 Å². The van der Waals surface area contributed by atoms with Crippen LogP contribution in [0.5, 0.6) is 0 Å². The van der Waals surface area contributed by atoms with Gasteiger partial charge in [-0.1, -0.05) is 0 Å². The van der Waals surface area contributed by atoms with Crippen molar-refractivity contribution in [3.8, 4) is 0 Å². The molecule has 5 nitrogen and oxygen atoms in total. The Kier molecular flexibility index (Phi) is 2.98. The first-order valence-electron chi connectivity index (χ1n) is 6.25. The summed E-state index contributed by atoms with van der Waals surface area (Å²) in [6.45, 7) is 1.98. The quantitative estimate of drug-likeness (QED) is 0.766. The molecule has 5 heteroatoms. The SMILES string of the molecule is O=C(CC1CCNC1)Nc1ccc2cn[nH]c2c1. The van der Waals surface area contributed by atoms with Crippen LogP contribution in [0.4, 0.5) is 5.69 Å². The standard InChI is InChI=1S/C13H16N4O/c18-13(5-9-3-4-14-7-9)16-11-2-1-10-8-15-17-12(10)6-11/h1-2,6,8-9,14H,3-5,7H2,(H,15,17)(H,16,18). The number of benzene rings is 1. The molecular weight excluding hydrogens is 228 g/mol. The Morgan fingerprint density at radius 3 is 3.28 bits per heavy atom. The predicted octanol–water partition coefficient (Wildman–Crippen LogP) is 1.50. The molecule has 1 unspecified atom stereocenters. The zero-order valence-electron chi connectivity index (χ0n) is 10.1. The van der Waals surface area contributed by atoms with Crippen LogP contribution >= 0.6 is 0 Å². The number of aromatic nitrogens is 2. The van der Waals surface area contributed by atoms with Crippen LogP contribution in [0.1, 0.15) is 12.8 Å². The van der Waals surface area contributed by atoms with Crippen LogP contribution in [-0.2, 0) is 4.79 Å². The second kappa shape index (κ2) is 4.78. The third-order valence-corrected chi connectivity index (χ3v) is 3.36. The molecule has 94 valence electrons. The molecule has 0 saturated carbocycles. The maximum Gasteiger partial charge on any atom is 0.224 e. The van der Waals surface area contributed by atoms with Crippen molar-refractivity contribution in [2.75, 3.05) is 18.4 Å². The zero-order chi connectivity index (χ0) is 12.4. The fourth-order valence-corrected chi connectivity index (χ4v) is 2.38. The first kappa shape index (κ1) is 11.2. The van der Waals surface area contributed by atoms with E-state index in [4.69, 9.17) is 0 Å². The van der Waals surface area contributed by atoms with E-state index in [-0.39, 0.29) is 5.91 Å². The number of carbonyl (C=O) groups is 1.